The lowest BCUT2D eigenvalue weighted by atomic mass is 10.1. The molecule has 0 amide bonds. The Morgan fingerprint density at radius 2 is 1.77 bits per heavy atom. The largest absolute Gasteiger partial charge is 0.433 e. The van der Waals surface area contributed by atoms with Gasteiger partial charge in [0.25, 0.3) is 5.69 Å². The van der Waals surface area contributed by atoms with Gasteiger partial charge in [-0.15, -0.1) is 0 Å². The molecule has 8 nitrogen and oxygen atoms in total. The second-order valence-corrected chi connectivity index (χ2v) is 6.93. The second kappa shape index (κ2) is 7.39. The molecule has 0 aliphatic carbocycles. The van der Waals surface area contributed by atoms with Gasteiger partial charge in [0.05, 0.1) is 4.92 Å². The van der Waals surface area contributed by atoms with E-state index in [0.717, 1.165) is 18.0 Å². The molecule has 30 heavy (non-hydrogen) atoms. The van der Waals surface area contributed by atoms with Crippen molar-refractivity contribution in [1.82, 2.24) is 15.0 Å². The van der Waals surface area contributed by atoms with Crippen LogP contribution in [-0.2, 0) is 6.18 Å². The van der Waals surface area contributed by atoms with Crippen LogP contribution in [-0.4, -0.2) is 46.1 Å². The van der Waals surface area contributed by atoms with Crippen LogP contribution >= 0.6 is 0 Å². The maximum atomic E-state index is 12.9. The molecule has 1 saturated heterocycles. The van der Waals surface area contributed by atoms with Crippen molar-refractivity contribution in [3.8, 4) is 0 Å². The number of nitrogens with zero attached hydrogens (tertiary/aromatic N) is 6. The van der Waals surface area contributed by atoms with Crippen LogP contribution in [0.3, 0.4) is 0 Å². The summed E-state index contributed by atoms with van der Waals surface area (Å²) in [4.78, 5) is 26.6. The summed E-state index contributed by atoms with van der Waals surface area (Å²) in [5.41, 5.74) is 0.744. The number of aromatic nitrogens is 3. The van der Waals surface area contributed by atoms with E-state index < -0.39 is 16.8 Å². The highest BCUT2D eigenvalue weighted by Crippen LogP contribution is 2.33. The number of non-ortho nitro benzene ring substituents is 1. The number of para-hydroxylation sites is 1. The zero-order valence-corrected chi connectivity index (χ0v) is 15.9. The number of halogens is 3. The predicted molar refractivity (Wildman–Crippen MR) is 105 cm³/mol. The van der Waals surface area contributed by atoms with E-state index in [9.17, 15) is 23.3 Å². The van der Waals surface area contributed by atoms with Gasteiger partial charge in [-0.25, -0.2) is 15.0 Å². The van der Waals surface area contributed by atoms with Crippen molar-refractivity contribution in [3.05, 3.63) is 58.0 Å². The fraction of sp³-hybridized carbons (Fsp3) is 0.316. The lowest BCUT2D eigenvalue weighted by Gasteiger charge is -2.36. The molecule has 4 rings (SSSR count). The molecule has 156 valence electrons. The normalized spacial score (nSPS) is 14.9. The molecule has 2 aromatic heterocycles. The Bertz CT molecular complexity index is 1110. The smallest absolute Gasteiger partial charge is 0.367 e. The molecule has 3 heterocycles. The first-order valence-corrected chi connectivity index (χ1v) is 9.19. The van der Waals surface area contributed by atoms with E-state index in [1.54, 1.807) is 24.0 Å². The SMILES string of the molecule is Cc1cc(N2CCN(c3nccc(C(F)(F)F)n3)CC2)c2cccc([N+](=O)[O-])c2n1. The summed E-state index contributed by atoms with van der Waals surface area (Å²) in [7, 11) is 0. The van der Waals surface area contributed by atoms with Crippen LogP contribution < -0.4 is 9.80 Å². The molecule has 0 unspecified atom stereocenters. The Morgan fingerprint density at radius 1 is 1.07 bits per heavy atom. The molecule has 3 aromatic rings. The van der Waals surface area contributed by atoms with Crippen molar-refractivity contribution >= 4 is 28.2 Å². The standard InChI is InChI=1S/C19H17F3N6O2/c1-12-11-15(13-3-2-4-14(28(29)30)17(13)24-12)26-7-9-27(10-8-26)18-23-6-5-16(25-18)19(20,21)22/h2-6,11H,7-10H2,1H3. The summed E-state index contributed by atoms with van der Waals surface area (Å²) in [5, 5.41) is 12.0. The lowest BCUT2D eigenvalue weighted by molar-refractivity contribution is -0.383. The summed E-state index contributed by atoms with van der Waals surface area (Å²) >= 11 is 0. The van der Waals surface area contributed by atoms with Crippen molar-refractivity contribution in [2.24, 2.45) is 0 Å². The Morgan fingerprint density at radius 3 is 2.43 bits per heavy atom. The number of alkyl halides is 3. The summed E-state index contributed by atoms with van der Waals surface area (Å²) in [6.07, 6.45) is -3.42. The van der Waals surface area contributed by atoms with Crippen molar-refractivity contribution in [2.75, 3.05) is 36.0 Å². The molecular formula is C19H17F3N6O2. The third-order valence-electron chi connectivity index (χ3n) is 4.96. The number of benzene rings is 1. The number of nitro groups is 1. The van der Waals surface area contributed by atoms with Gasteiger partial charge in [-0.05, 0) is 19.1 Å². The van der Waals surface area contributed by atoms with Crippen molar-refractivity contribution in [2.45, 2.75) is 13.1 Å². The van der Waals surface area contributed by atoms with Gasteiger partial charge in [-0.2, -0.15) is 13.2 Å². The van der Waals surface area contributed by atoms with Crippen LogP contribution in [0, 0.1) is 17.0 Å². The molecule has 0 spiro atoms. The average molecular weight is 418 g/mol. The Balaban J connectivity index is 1.60. The first-order chi connectivity index (χ1) is 14.2. The molecule has 1 aromatic carbocycles. The third kappa shape index (κ3) is 3.70. The van der Waals surface area contributed by atoms with Gasteiger partial charge in [0.15, 0.2) is 5.52 Å². The average Bonchev–Trinajstić information content (AvgIpc) is 2.72. The van der Waals surface area contributed by atoms with Crippen molar-refractivity contribution in [3.63, 3.8) is 0 Å². The van der Waals surface area contributed by atoms with Crippen LogP contribution in [0.1, 0.15) is 11.4 Å². The van der Waals surface area contributed by atoms with Crippen LogP contribution in [0.2, 0.25) is 0 Å². The van der Waals surface area contributed by atoms with E-state index in [0.29, 0.717) is 42.8 Å². The van der Waals surface area contributed by atoms with Crippen LogP contribution in [0.15, 0.2) is 36.5 Å². The zero-order valence-electron chi connectivity index (χ0n) is 15.9. The van der Waals surface area contributed by atoms with Gasteiger partial charge in [0.2, 0.25) is 5.95 Å². The monoisotopic (exact) mass is 418 g/mol. The van der Waals surface area contributed by atoms with Crippen molar-refractivity contribution in [1.29, 1.82) is 0 Å². The van der Waals surface area contributed by atoms with Crippen LogP contribution in [0.25, 0.3) is 10.9 Å². The number of anilines is 2. The second-order valence-electron chi connectivity index (χ2n) is 6.93. The van der Waals surface area contributed by atoms with E-state index in [4.69, 9.17) is 0 Å². The van der Waals surface area contributed by atoms with E-state index in [-0.39, 0.29) is 11.6 Å². The molecule has 0 atom stereocenters. The van der Waals surface area contributed by atoms with Gasteiger partial charge in [0, 0.05) is 55.2 Å². The fourth-order valence-corrected chi connectivity index (χ4v) is 3.55. The molecule has 0 saturated carbocycles. The Labute approximate surface area is 169 Å². The molecule has 11 heteroatoms. The first-order valence-electron chi connectivity index (χ1n) is 9.19. The predicted octanol–water partition coefficient (Wildman–Crippen LogP) is 3.59. The molecule has 1 aliphatic heterocycles. The van der Waals surface area contributed by atoms with Crippen molar-refractivity contribution < 1.29 is 18.1 Å². The molecule has 0 radical (unpaired) electrons. The third-order valence-corrected chi connectivity index (χ3v) is 4.96. The van der Waals surface area contributed by atoms with Gasteiger partial charge in [0.1, 0.15) is 5.69 Å². The number of hydrogen-bond acceptors (Lipinski definition) is 7. The highest BCUT2D eigenvalue weighted by molar-refractivity contribution is 5.97. The minimum atomic E-state index is -4.53. The maximum Gasteiger partial charge on any atom is 0.433 e. The maximum absolute atomic E-state index is 12.9. The number of piperazine rings is 1. The number of nitro benzene ring substituents is 1. The quantitative estimate of drug-likeness (QED) is 0.474. The molecular weight excluding hydrogens is 401 g/mol. The van der Waals surface area contributed by atoms with Gasteiger partial charge in [-0.1, -0.05) is 12.1 Å². The Kier molecular flexibility index (Phi) is 4.88. The van der Waals surface area contributed by atoms with E-state index >= 15 is 0 Å². The van der Waals surface area contributed by atoms with E-state index in [1.807, 2.05) is 11.0 Å². The summed E-state index contributed by atoms with van der Waals surface area (Å²) < 4.78 is 38.8. The molecule has 0 N–H and O–H groups in total. The number of hydrogen-bond donors (Lipinski definition) is 0. The minimum Gasteiger partial charge on any atom is -0.367 e. The summed E-state index contributed by atoms with van der Waals surface area (Å²) in [6, 6.07) is 7.53. The van der Waals surface area contributed by atoms with Gasteiger partial charge >= 0.3 is 6.18 Å². The number of rotatable bonds is 3. The van der Waals surface area contributed by atoms with Gasteiger partial charge < -0.3 is 9.80 Å². The number of fused-ring (bicyclic) bond motifs is 1. The summed E-state index contributed by atoms with van der Waals surface area (Å²) in [6.45, 7) is 3.60. The van der Waals surface area contributed by atoms with E-state index in [2.05, 4.69) is 15.0 Å². The highest BCUT2D eigenvalue weighted by Gasteiger charge is 2.33. The number of aryl methyl sites for hydroxylation is 1. The fourth-order valence-electron chi connectivity index (χ4n) is 3.55. The number of pyridine rings is 1. The topological polar surface area (TPSA) is 88.3 Å². The van der Waals surface area contributed by atoms with Crippen LogP contribution in [0.5, 0.6) is 0 Å². The van der Waals surface area contributed by atoms with E-state index in [1.165, 1.54) is 6.07 Å². The first kappa shape index (κ1) is 19.8. The van der Waals surface area contributed by atoms with Crippen LogP contribution in [0.4, 0.5) is 30.5 Å². The molecule has 1 aliphatic rings. The van der Waals surface area contributed by atoms with Gasteiger partial charge in [-0.3, -0.25) is 10.1 Å². The highest BCUT2D eigenvalue weighted by atomic mass is 19.4. The zero-order chi connectivity index (χ0) is 21.5. The minimum absolute atomic E-state index is 0.0379. The molecule has 1 fully saturated rings. The Hall–Kier alpha value is -3.50. The lowest BCUT2D eigenvalue weighted by Crippen LogP contribution is -2.47. The molecule has 0 bridgehead atoms. The summed E-state index contributed by atoms with van der Waals surface area (Å²) in [5.74, 6) is 0.0379.